The Morgan fingerprint density at radius 3 is 2.62 bits per heavy atom. The third kappa shape index (κ3) is 4.87. The van der Waals surface area contributed by atoms with Gasteiger partial charge >= 0.3 is 0 Å². The lowest BCUT2D eigenvalue weighted by Gasteiger charge is -2.07. The summed E-state index contributed by atoms with van der Waals surface area (Å²) < 4.78 is 5.91. The van der Waals surface area contributed by atoms with Crippen molar-refractivity contribution < 1.29 is 4.74 Å². The van der Waals surface area contributed by atoms with Gasteiger partial charge < -0.3 is 10.1 Å². The second-order valence-corrected chi connectivity index (χ2v) is 6.70. The summed E-state index contributed by atoms with van der Waals surface area (Å²) in [6.07, 6.45) is 3.65. The molecule has 0 unspecified atom stereocenters. The average molecular weight is 303 g/mol. The standard InChI is InChI=1S/C18H25NOS/c1-4-5-6-15-7-9-17(10-8-15)20-13-16-11-18(12-19-3)21-14(16)2/h7-11,19H,4-6,12-13H2,1-3H3. The van der Waals surface area contributed by atoms with Crippen molar-refractivity contribution in [1.82, 2.24) is 5.32 Å². The maximum atomic E-state index is 5.91. The molecule has 1 heterocycles. The van der Waals surface area contributed by atoms with Crippen molar-refractivity contribution in [2.24, 2.45) is 0 Å². The Bertz CT molecular complexity index is 545. The highest BCUT2D eigenvalue weighted by molar-refractivity contribution is 7.12. The number of hydrogen-bond acceptors (Lipinski definition) is 3. The van der Waals surface area contributed by atoms with Gasteiger partial charge in [0.05, 0.1) is 0 Å². The maximum Gasteiger partial charge on any atom is 0.119 e. The van der Waals surface area contributed by atoms with Gasteiger partial charge in [-0.05, 0) is 50.6 Å². The summed E-state index contributed by atoms with van der Waals surface area (Å²) in [5.41, 5.74) is 2.69. The molecule has 2 rings (SSSR count). The molecule has 0 amide bonds. The zero-order valence-electron chi connectivity index (χ0n) is 13.2. The molecule has 21 heavy (non-hydrogen) atoms. The number of ether oxygens (including phenoxy) is 1. The summed E-state index contributed by atoms with van der Waals surface area (Å²) in [5.74, 6) is 0.955. The van der Waals surface area contributed by atoms with E-state index >= 15 is 0 Å². The molecule has 0 aliphatic carbocycles. The van der Waals surface area contributed by atoms with Crippen LogP contribution in [0, 0.1) is 6.92 Å². The molecule has 114 valence electrons. The molecular weight excluding hydrogens is 278 g/mol. The Morgan fingerprint density at radius 2 is 1.95 bits per heavy atom. The van der Waals surface area contributed by atoms with Gasteiger partial charge in [0.25, 0.3) is 0 Å². The minimum Gasteiger partial charge on any atom is -0.489 e. The molecule has 0 spiro atoms. The van der Waals surface area contributed by atoms with Gasteiger partial charge in [0.1, 0.15) is 12.4 Å². The van der Waals surface area contributed by atoms with E-state index in [1.807, 2.05) is 18.4 Å². The van der Waals surface area contributed by atoms with E-state index in [4.69, 9.17) is 4.74 Å². The van der Waals surface area contributed by atoms with Crippen LogP contribution in [0.25, 0.3) is 0 Å². The van der Waals surface area contributed by atoms with Crippen LogP contribution in [0.3, 0.4) is 0 Å². The highest BCUT2D eigenvalue weighted by Gasteiger charge is 2.06. The van der Waals surface area contributed by atoms with E-state index < -0.39 is 0 Å². The van der Waals surface area contributed by atoms with Crippen LogP contribution in [0.1, 0.15) is 40.6 Å². The predicted octanol–water partition coefficient (Wildman–Crippen LogP) is 4.70. The molecule has 0 bridgehead atoms. The van der Waals surface area contributed by atoms with Crippen molar-refractivity contribution in [2.75, 3.05) is 7.05 Å². The molecule has 2 aromatic rings. The lowest BCUT2D eigenvalue weighted by Crippen LogP contribution is -2.02. The first-order valence-corrected chi connectivity index (χ1v) is 8.49. The summed E-state index contributed by atoms with van der Waals surface area (Å²) in [4.78, 5) is 2.71. The molecule has 0 atom stereocenters. The van der Waals surface area contributed by atoms with E-state index in [1.54, 1.807) is 0 Å². The number of thiophene rings is 1. The largest absolute Gasteiger partial charge is 0.489 e. The van der Waals surface area contributed by atoms with Crippen molar-refractivity contribution in [2.45, 2.75) is 46.3 Å². The van der Waals surface area contributed by atoms with Crippen molar-refractivity contribution in [3.8, 4) is 5.75 Å². The van der Waals surface area contributed by atoms with Crippen molar-refractivity contribution in [3.63, 3.8) is 0 Å². The fourth-order valence-corrected chi connectivity index (χ4v) is 3.35. The number of benzene rings is 1. The fraction of sp³-hybridized carbons (Fsp3) is 0.444. The molecule has 1 aromatic carbocycles. The first-order chi connectivity index (χ1) is 10.2. The first kappa shape index (κ1) is 16.1. The van der Waals surface area contributed by atoms with Crippen LogP contribution in [0.5, 0.6) is 5.75 Å². The Balaban J connectivity index is 1.90. The molecule has 0 aliphatic rings. The SMILES string of the molecule is CCCCc1ccc(OCc2cc(CNC)sc2C)cc1. The Morgan fingerprint density at radius 1 is 1.19 bits per heavy atom. The Hall–Kier alpha value is -1.32. The summed E-state index contributed by atoms with van der Waals surface area (Å²) in [6.45, 7) is 5.97. The van der Waals surface area contributed by atoms with Gasteiger partial charge in [0, 0.05) is 21.9 Å². The second kappa shape index (κ2) is 8.20. The van der Waals surface area contributed by atoms with E-state index in [-0.39, 0.29) is 0 Å². The summed E-state index contributed by atoms with van der Waals surface area (Å²) in [6, 6.07) is 10.8. The molecule has 0 radical (unpaired) electrons. The Kier molecular flexibility index (Phi) is 6.27. The molecule has 1 aromatic heterocycles. The maximum absolute atomic E-state index is 5.91. The number of unbranched alkanes of at least 4 members (excludes halogenated alkanes) is 1. The van der Waals surface area contributed by atoms with Crippen LogP contribution in [0.4, 0.5) is 0 Å². The smallest absolute Gasteiger partial charge is 0.119 e. The van der Waals surface area contributed by atoms with Crippen LogP contribution >= 0.6 is 11.3 Å². The van der Waals surface area contributed by atoms with Crippen molar-refractivity contribution >= 4 is 11.3 Å². The number of rotatable bonds is 8. The lowest BCUT2D eigenvalue weighted by molar-refractivity contribution is 0.306. The minimum atomic E-state index is 0.653. The zero-order valence-corrected chi connectivity index (χ0v) is 14.1. The first-order valence-electron chi connectivity index (χ1n) is 7.67. The monoisotopic (exact) mass is 303 g/mol. The summed E-state index contributed by atoms with van der Waals surface area (Å²) >= 11 is 1.84. The highest BCUT2D eigenvalue weighted by atomic mass is 32.1. The van der Waals surface area contributed by atoms with E-state index in [9.17, 15) is 0 Å². The van der Waals surface area contributed by atoms with Gasteiger partial charge in [-0.2, -0.15) is 0 Å². The molecule has 2 nitrogen and oxygen atoms in total. The molecular formula is C18H25NOS. The van der Waals surface area contributed by atoms with Crippen LogP contribution in [-0.4, -0.2) is 7.05 Å². The summed E-state index contributed by atoms with van der Waals surface area (Å²) in [5, 5.41) is 3.19. The van der Waals surface area contributed by atoms with Crippen molar-refractivity contribution in [1.29, 1.82) is 0 Å². The van der Waals surface area contributed by atoms with Gasteiger partial charge in [0.15, 0.2) is 0 Å². The molecule has 3 heteroatoms. The van der Waals surface area contributed by atoms with Crippen LogP contribution < -0.4 is 10.1 Å². The quantitative estimate of drug-likeness (QED) is 0.763. The normalized spacial score (nSPS) is 10.8. The van der Waals surface area contributed by atoms with E-state index in [0.717, 1.165) is 18.7 Å². The molecule has 0 saturated heterocycles. The third-order valence-electron chi connectivity index (χ3n) is 3.56. The molecule has 0 saturated carbocycles. The zero-order chi connectivity index (χ0) is 15.1. The van der Waals surface area contributed by atoms with Gasteiger partial charge in [-0.1, -0.05) is 25.5 Å². The van der Waals surface area contributed by atoms with E-state index in [1.165, 1.54) is 33.7 Å². The van der Waals surface area contributed by atoms with Gasteiger partial charge in [0.2, 0.25) is 0 Å². The van der Waals surface area contributed by atoms with Gasteiger partial charge in [-0.3, -0.25) is 0 Å². The fourth-order valence-electron chi connectivity index (χ4n) is 2.29. The van der Waals surface area contributed by atoms with Crippen LogP contribution in [0.15, 0.2) is 30.3 Å². The number of nitrogens with one attached hydrogen (secondary N) is 1. The number of aryl methyl sites for hydroxylation is 2. The van der Waals surface area contributed by atoms with Gasteiger partial charge in [-0.25, -0.2) is 0 Å². The topological polar surface area (TPSA) is 21.3 Å². The van der Waals surface area contributed by atoms with Gasteiger partial charge in [-0.15, -0.1) is 11.3 Å². The van der Waals surface area contributed by atoms with Crippen LogP contribution in [0.2, 0.25) is 0 Å². The summed E-state index contributed by atoms with van der Waals surface area (Å²) in [7, 11) is 1.98. The number of hydrogen-bond donors (Lipinski definition) is 1. The molecule has 1 N–H and O–H groups in total. The second-order valence-electron chi connectivity index (χ2n) is 5.36. The van der Waals surface area contributed by atoms with E-state index in [0.29, 0.717) is 6.61 Å². The van der Waals surface area contributed by atoms with Crippen LogP contribution in [-0.2, 0) is 19.6 Å². The third-order valence-corrected chi connectivity index (χ3v) is 4.65. The molecule has 0 aliphatic heterocycles. The highest BCUT2D eigenvalue weighted by Crippen LogP contribution is 2.23. The van der Waals surface area contributed by atoms with E-state index in [2.05, 4.69) is 49.5 Å². The lowest BCUT2D eigenvalue weighted by atomic mass is 10.1. The average Bonchev–Trinajstić information content (AvgIpc) is 2.84. The Labute approximate surface area is 132 Å². The minimum absolute atomic E-state index is 0.653. The molecule has 0 fully saturated rings. The van der Waals surface area contributed by atoms with Crippen molar-refractivity contribution in [3.05, 3.63) is 51.2 Å². The predicted molar refractivity (Wildman–Crippen MR) is 91.2 cm³/mol.